The minimum absolute atomic E-state index is 0.0227. The smallest absolute Gasteiger partial charge is 0.434 e. The number of aliphatic carboxylic acids is 1. The molecule has 1 aliphatic carbocycles. The number of rotatable bonds is 5. The molecule has 0 spiro atoms. The number of sulfone groups is 1. The Morgan fingerprint density at radius 1 is 1.11 bits per heavy atom. The molecule has 1 unspecified atom stereocenters. The number of hydrogen-bond acceptors (Lipinski definition) is 5. The van der Waals surface area contributed by atoms with Gasteiger partial charge in [0, 0.05) is 23.8 Å². The third kappa shape index (κ3) is 4.39. The molecule has 0 fully saturated rings. The van der Waals surface area contributed by atoms with E-state index in [2.05, 4.69) is 4.98 Å². The Bertz CT molecular complexity index is 1450. The van der Waals surface area contributed by atoms with Crippen LogP contribution < -0.4 is 0 Å². The van der Waals surface area contributed by atoms with Gasteiger partial charge in [-0.3, -0.25) is 9.78 Å². The third-order valence-electron chi connectivity index (χ3n) is 5.79. The van der Waals surface area contributed by atoms with Gasteiger partial charge in [-0.1, -0.05) is 11.6 Å². The van der Waals surface area contributed by atoms with E-state index in [-0.39, 0.29) is 30.4 Å². The lowest BCUT2D eigenvalue weighted by atomic mass is 9.87. The Hall–Kier alpha value is -3.38. The van der Waals surface area contributed by atoms with Gasteiger partial charge in [-0.2, -0.15) is 13.2 Å². The fraction of sp³-hybridized carbons (Fsp3) is 0.227. The van der Waals surface area contributed by atoms with Gasteiger partial charge in [0.2, 0.25) is 9.84 Å². The Kier molecular flexibility index (Phi) is 6.14. The van der Waals surface area contributed by atoms with E-state index in [0.29, 0.717) is 11.4 Å². The van der Waals surface area contributed by atoms with Crippen LogP contribution in [0.5, 0.6) is 0 Å². The van der Waals surface area contributed by atoms with Gasteiger partial charge in [-0.05, 0) is 55.2 Å². The molecule has 13 heteroatoms. The summed E-state index contributed by atoms with van der Waals surface area (Å²) in [6.45, 7) is 0. The number of carboxylic acid groups (broad SMARTS) is 2. The number of aromatic carboxylic acids is 1. The van der Waals surface area contributed by atoms with Crippen LogP contribution in [0.15, 0.2) is 52.5 Å². The molecule has 2 N–H and O–H groups in total. The van der Waals surface area contributed by atoms with Crippen molar-refractivity contribution >= 4 is 33.4 Å². The van der Waals surface area contributed by atoms with E-state index < -0.39 is 54.4 Å². The molecule has 0 saturated heterocycles. The molecule has 0 amide bonds. The van der Waals surface area contributed by atoms with Gasteiger partial charge in [-0.15, -0.1) is 0 Å². The summed E-state index contributed by atoms with van der Waals surface area (Å²) in [5.41, 5.74) is -0.875. The van der Waals surface area contributed by atoms with Crippen molar-refractivity contribution in [1.29, 1.82) is 0 Å². The normalized spacial score (nSPS) is 16.1. The van der Waals surface area contributed by atoms with Crippen LogP contribution in [0, 0.1) is 5.92 Å². The summed E-state index contributed by atoms with van der Waals surface area (Å²) in [5.74, 6) is -3.27. The summed E-state index contributed by atoms with van der Waals surface area (Å²) in [7, 11) is -4.91. The Labute approximate surface area is 201 Å². The molecule has 0 radical (unpaired) electrons. The van der Waals surface area contributed by atoms with Gasteiger partial charge in [-0.25, -0.2) is 13.2 Å². The lowest BCUT2D eigenvalue weighted by molar-refractivity contribution is -0.143. The fourth-order valence-corrected chi connectivity index (χ4v) is 6.33. The number of carboxylic acids is 2. The molecule has 3 aromatic rings. The largest absolute Gasteiger partial charge is 0.481 e. The second-order valence-corrected chi connectivity index (χ2v) is 10.2. The van der Waals surface area contributed by atoms with Gasteiger partial charge in [0.1, 0.15) is 4.90 Å². The zero-order valence-electron chi connectivity index (χ0n) is 17.6. The molecule has 1 aliphatic rings. The topological polar surface area (TPSA) is 127 Å². The number of pyridine rings is 1. The van der Waals surface area contributed by atoms with Crippen LogP contribution in [0.3, 0.4) is 0 Å². The summed E-state index contributed by atoms with van der Waals surface area (Å²) in [5, 5.41) is 17.9. The quantitative estimate of drug-likeness (QED) is 0.506. The predicted octanol–water partition coefficient (Wildman–Crippen LogP) is 4.27. The number of hydrogen-bond donors (Lipinski definition) is 2. The van der Waals surface area contributed by atoms with E-state index >= 15 is 0 Å². The average Bonchev–Trinajstić information content (AvgIpc) is 3.18. The summed E-state index contributed by atoms with van der Waals surface area (Å²) in [6, 6.07) is 6.35. The second-order valence-electron chi connectivity index (χ2n) is 7.89. The molecular formula is C22H16ClF3N2O6S. The van der Waals surface area contributed by atoms with Crippen LogP contribution in [0.25, 0.3) is 5.69 Å². The van der Waals surface area contributed by atoms with E-state index in [1.54, 1.807) is 0 Å². The molecule has 1 aromatic carbocycles. The average molecular weight is 529 g/mol. The van der Waals surface area contributed by atoms with Crippen LogP contribution in [0.4, 0.5) is 13.2 Å². The first kappa shape index (κ1) is 24.7. The maximum atomic E-state index is 13.6. The van der Waals surface area contributed by atoms with Crippen LogP contribution in [0.1, 0.15) is 33.7 Å². The van der Waals surface area contributed by atoms with Crippen molar-refractivity contribution in [3.05, 3.63) is 70.3 Å². The molecule has 2 heterocycles. The molecule has 35 heavy (non-hydrogen) atoms. The summed E-state index contributed by atoms with van der Waals surface area (Å²) >= 11 is 5.93. The predicted molar refractivity (Wildman–Crippen MR) is 116 cm³/mol. The first-order valence-corrected chi connectivity index (χ1v) is 11.9. The highest BCUT2D eigenvalue weighted by Gasteiger charge is 2.43. The van der Waals surface area contributed by atoms with Crippen LogP contribution in [-0.4, -0.2) is 40.1 Å². The zero-order valence-corrected chi connectivity index (χ0v) is 19.2. The fourth-order valence-electron chi connectivity index (χ4n) is 4.14. The van der Waals surface area contributed by atoms with Gasteiger partial charge >= 0.3 is 18.1 Å². The van der Waals surface area contributed by atoms with Gasteiger partial charge in [0.05, 0.1) is 21.4 Å². The number of nitrogens with zero attached hydrogens (tertiary/aromatic N) is 2. The Morgan fingerprint density at radius 2 is 1.77 bits per heavy atom. The van der Waals surface area contributed by atoms with E-state index in [0.717, 1.165) is 18.5 Å². The Morgan fingerprint density at radius 3 is 2.34 bits per heavy atom. The summed E-state index contributed by atoms with van der Waals surface area (Å²) in [6.07, 6.45) is -3.17. The zero-order chi connectivity index (χ0) is 25.7. The monoisotopic (exact) mass is 528 g/mol. The Balaban J connectivity index is 1.97. The van der Waals surface area contributed by atoms with Crippen LogP contribution >= 0.6 is 11.6 Å². The van der Waals surface area contributed by atoms with Gasteiger partial charge < -0.3 is 14.8 Å². The van der Waals surface area contributed by atoms with E-state index in [1.807, 2.05) is 0 Å². The van der Waals surface area contributed by atoms with Crippen molar-refractivity contribution in [2.45, 2.75) is 35.2 Å². The number of benzene rings is 1. The molecule has 0 saturated carbocycles. The van der Waals surface area contributed by atoms with Crippen molar-refractivity contribution in [3.63, 3.8) is 0 Å². The van der Waals surface area contributed by atoms with Gasteiger partial charge in [0.15, 0.2) is 5.69 Å². The number of carbonyl (C=O) groups is 2. The van der Waals surface area contributed by atoms with Crippen molar-refractivity contribution in [1.82, 2.24) is 9.55 Å². The third-order valence-corrected chi connectivity index (χ3v) is 8.10. The van der Waals surface area contributed by atoms with Crippen LogP contribution in [-0.2, 0) is 33.6 Å². The van der Waals surface area contributed by atoms with E-state index in [4.69, 9.17) is 16.7 Å². The maximum absolute atomic E-state index is 13.6. The molecule has 0 aliphatic heterocycles. The standard InChI is InChI=1S/C22H16ClF3N2O6S/c23-15-7-8-27-19(22(24,25)26)18(15)35(33,34)17-10-28(13-4-1-11(2-5-13)20(29)30)16-6-3-12(21(31)32)9-14(16)17/h1-2,4-5,7-8,10,12H,3,6,9H2,(H,29,30)(H,31,32). The highest BCUT2D eigenvalue weighted by molar-refractivity contribution is 7.91. The number of fused-ring (bicyclic) bond motifs is 1. The highest BCUT2D eigenvalue weighted by Crippen LogP contribution is 2.42. The second kappa shape index (κ2) is 8.68. The molecule has 0 bridgehead atoms. The number of alkyl halides is 3. The minimum Gasteiger partial charge on any atom is -0.481 e. The molecule has 184 valence electrons. The van der Waals surface area contributed by atoms with E-state index in [9.17, 15) is 36.3 Å². The van der Waals surface area contributed by atoms with Gasteiger partial charge in [0.25, 0.3) is 0 Å². The maximum Gasteiger partial charge on any atom is 0.434 e. The first-order valence-electron chi connectivity index (χ1n) is 10.1. The van der Waals surface area contributed by atoms with E-state index in [1.165, 1.54) is 28.8 Å². The molecule has 1 atom stereocenters. The lowest BCUT2D eigenvalue weighted by Crippen LogP contribution is -2.24. The molecule has 4 rings (SSSR count). The SMILES string of the molecule is O=C(O)c1ccc(-n2cc(S(=O)(=O)c3c(Cl)ccnc3C(F)(F)F)c3c2CCC(C(=O)O)C3)cc1. The first-order chi connectivity index (χ1) is 16.3. The van der Waals surface area contributed by atoms with Crippen molar-refractivity contribution < 1.29 is 41.4 Å². The van der Waals surface area contributed by atoms with Crippen molar-refractivity contribution in [2.24, 2.45) is 5.92 Å². The molecule has 2 aromatic heterocycles. The minimum atomic E-state index is -5.12. The van der Waals surface area contributed by atoms with Crippen molar-refractivity contribution in [2.75, 3.05) is 0 Å². The highest BCUT2D eigenvalue weighted by atomic mass is 35.5. The molecular weight excluding hydrogens is 513 g/mol. The molecule has 8 nitrogen and oxygen atoms in total. The number of halogens is 4. The van der Waals surface area contributed by atoms with Crippen molar-refractivity contribution in [3.8, 4) is 5.69 Å². The summed E-state index contributed by atoms with van der Waals surface area (Å²) in [4.78, 5) is 24.3. The van der Waals surface area contributed by atoms with Crippen LogP contribution in [0.2, 0.25) is 5.02 Å². The number of aromatic nitrogens is 2. The lowest BCUT2D eigenvalue weighted by Gasteiger charge is -2.22. The summed E-state index contributed by atoms with van der Waals surface area (Å²) < 4.78 is 69.5.